The highest BCUT2D eigenvalue weighted by atomic mass is 32.2. The molecule has 0 heterocycles. The summed E-state index contributed by atoms with van der Waals surface area (Å²) in [4.78, 5) is 12.9. The maximum absolute atomic E-state index is 11.4. The number of rotatable bonds is 6. The Kier molecular flexibility index (Phi) is 5.82. The van der Waals surface area contributed by atoms with Crippen molar-refractivity contribution in [2.75, 3.05) is 32.6 Å². The number of carbonyl (C=O) groups is 1. The van der Waals surface area contributed by atoms with Crippen molar-refractivity contribution in [3.8, 4) is 0 Å². The van der Waals surface area contributed by atoms with Crippen LogP contribution in [0.25, 0.3) is 0 Å². The zero-order valence-electron chi connectivity index (χ0n) is 9.78. The third-order valence-electron chi connectivity index (χ3n) is 1.95. The molecule has 5 nitrogen and oxygen atoms in total. The van der Waals surface area contributed by atoms with Crippen LogP contribution in [0, 0.1) is 0 Å². The van der Waals surface area contributed by atoms with Gasteiger partial charge in [0.05, 0.1) is 11.8 Å². The summed E-state index contributed by atoms with van der Waals surface area (Å²) in [6.45, 7) is 2.30. The van der Waals surface area contributed by atoms with Crippen LogP contribution in [0.4, 0.5) is 0 Å². The molecule has 0 rings (SSSR count). The van der Waals surface area contributed by atoms with Gasteiger partial charge in [-0.1, -0.05) is 0 Å². The summed E-state index contributed by atoms with van der Waals surface area (Å²) in [5.41, 5.74) is 0. The Morgan fingerprint density at radius 2 is 1.93 bits per heavy atom. The van der Waals surface area contributed by atoms with Crippen molar-refractivity contribution in [2.45, 2.75) is 19.4 Å². The van der Waals surface area contributed by atoms with Gasteiger partial charge in [-0.3, -0.25) is 4.79 Å². The van der Waals surface area contributed by atoms with E-state index in [0.717, 1.165) is 0 Å². The highest BCUT2D eigenvalue weighted by molar-refractivity contribution is 7.90. The van der Waals surface area contributed by atoms with Crippen LogP contribution in [0.3, 0.4) is 0 Å². The first-order valence-corrected chi connectivity index (χ1v) is 6.92. The number of nitrogens with zero attached hydrogens (tertiary/aromatic N) is 1. The summed E-state index contributed by atoms with van der Waals surface area (Å²) in [5, 5.41) is 2.98. The maximum atomic E-state index is 11.4. The van der Waals surface area contributed by atoms with Gasteiger partial charge in [0.25, 0.3) is 0 Å². The van der Waals surface area contributed by atoms with Crippen LogP contribution in [-0.4, -0.2) is 57.9 Å². The second-order valence-corrected chi connectivity index (χ2v) is 6.15. The smallest absolute Gasteiger partial charge is 0.238 e. The molecule has 0 saturated carbocycles. The van der Waals surface area contributed by atoms with Crippen molar-refractivity contribution in [1.82, 2.24) is 10.2 Å². The summed E-state index contributed by atoms with van der Waals surface area (Å²) >= 11 is 0. The van der Waals surface area contributed by atoms with Crippen molar-refractivity contribution < 1.29 is 13.2 Å². The van der Waals surface area contributed by atoms with E-state index >= 15 is 0 Å². The topological polar surface area (TPSA) is 66.5 Å². The summed E-state index contributed by atoms with van der Waals surface area (Å²) in [7, 11) is 0.489. The van der Waals surface area contributed by atoms with Gasteiger partial charge >= 0.3 is 0 Å². The number of sulfone groups is 1. The Bertz CT molecular complexity index is 298. The minimum atomic E-state index is -2.89. The van der Waals surface area contributed by atoms with Gasteiger partial charge in [0.2, 0.25) is 5.91 Å². The Morgan fingerprint density at radius 1 is 1.40 bits per heavy atom. The molecule has 0 aromatic heterocycles. The lowest BCUT2D eigenvalue weighted by Gasteiger charge is -2.17. The van der Waals surface area contributed by atoms with E-state index < -0.39 is 9.84 Å². The molecule has 1 atom stereocenters. The third kappa shape index (κ3) is 7.33. The molecule has 15 heavy (non-hydrogen) atoms. The normalized spacial score (nSPS) is 13.6. The van der Waals surface area contributed by atoms with Gasteiger partial charge in [0.15, 0.2) is 0 Å². The highest BCUT2D eigenvalue weighted by Gasteiger charge is 2.13. The number of carbonyl (C=O) groups excluding carboxylic acids is 1. The zero-order chi connectivity index (χ0) is 12.1. The van der Waals surface area contributed by atoms with Gasteiger partial charge in [-0.25, -0.2) is 8.42 Å². The average Bonchev–Trinajstić information content (AvgIpc) is 2.09. The van der Waals surface area contributed by atoms with Crippen LogP contribution < -0.4 is 5.32 Å². The molecule has 0 aromatic carbocycles. The SMILES string of the molecule is CC(NCCCS(C)(=O)=O)C(=O)N(C)C. The predicted octanol–water partition coefficient (Wildman–Crippen LogP) is -0.513. The van der Waals surface area contributed by atoms with E-state index in [0.29, 0.717) is 13.0 Å². The third-order valence-corrected chi connectivity index (χ3v) is 2.98. The van der Waals surface area contributed by atoms with Crippen molar-refractivity contribution in [3.05, 3.63) is 0 Å². The molecule has 0 bridgehead atoms. The van der Waals surface area contributed by atoms with E-state index in [1.165, 1.54) is 11.2 Å². The molecule has 1 N–H and O–H groups in total. The van der Waals surface area contributed by atoms with E-state index in [2.05, 4.69) is 5.32 Å². The molecule has 0 saturated heterocycles. The van der Waals surface area contributed by atoms with Crippen LogP contribution >= 0.6 is 0 Å². The van der Waals surface area contributed by atoms with Crippen molar-refractivity contribution in [2.24, 2.45) is 0 Å². The number of amides is 1. The summed E-state index contributed by atoms with van der Waals surface area (Å²) in [5.74, 6) is 0.150. The molecule has 0 aliphatic carbocycles. The van der Waals surface area contributed by atoms with E-state index in [4.69, 9.17) is 0 Å². The zero-order valence-corrected chi connectivity index (χ0v) is 10.6. The Balaban J connectivity index is 3.74. The molecular formula is C9H20N2O3S. The number of likely N-dealkylation sites (N-methyl/N-ethyl adjacent to an activating group) is 1. The van der Waals surface area contributed by atoms with Crippen LogP contribution in [0.5, 0.6) is 0 Å². The fourth-order valence-electron chi connectivity index (χ4n) is 1.13. The van der Waals surface area contributed by atoms with Crippen molar-refractivity contribution in [3.63, 3.8) is 0 Å². The molecule has 90 valence electrons. The number of hydrogen-bond donors (Lipinski definition) is 1. The minimum Gasteiger partial charge on any atom is -0.347 e. The van der Waals surface area contributed by atoms with E-state index in [1.54, 1.807) is 21.0 Å². The van der Waals surface area contributed by atoms with Crippen LogP contribution in [-0.2, 0) is 14.6 Å². The first kappa shape index (κ1) is 14.4. The summed E-state index contributed by atoms with van der Waals surface area (Å²) in [6, 6.07) is -0.264. The minimum absolute atomic E-state index is 0.00523. The van der Waals surface area contributed by atoms with Crippen LogP contribution in [0.1, 0.15) is 13.3 Å². The second-order valence-electron chi connectivity index (χ2n) is 3.89. The first-order chi connectivity index (χ1) is 6.74. The van der Waals surface area contributed by atoms with Gasteiger partial charge in [0, 0.05) is 20.4 Å². The molecule has 0 aliphatic rings. The fourth-order valence-corrected chi connectivity index (χ4v) is 1.80. The van der Waals surface area contributed by atoms with Crippen molar-refractivity contribution >= 4 is 15.7 Å². The Labute approximate surface area is 91.8 Å². The Morgan fingerprint density at radius 3 is 2.33 bits per heavy atom. The van der Waals surface area contributed by atoms with Gasteiger partial charge < -0.3 is 10.2 Å². The molecule has 0 radical (unpaired) electrons. The lowest BCUT2D eigenvalue weighted by atomic mass is 10.3. The lowest BCUT2D eigenvalue weighted by Crippen LogP contribution is -2.42. The molecular weight excluding hydrogens is 216 g/mol. The van der Waals surface area contributed by atoms with E-state index in [1.807, 2.05) is 0 Å². The van der Waals surface area contributed by atoms with Gasteiger partial charge in [-0.05, 0) is 19.9 Å². The summed E-state index contributed by atoms with van der Waals surface area (Å²) in [6.07, 6.45) is 1.74. The number of nitrogens with one attached hydrogen (secondary N) is 1. The second kappa shape index (κ2) is 6.07. The van der Waals surface area contributed by atoms with Gasteiger partial charge in [-0.15, -0.1) is 0 Å². The molecule has 0 aliphatic heterocycles. The quantitative estimate of drug-likeness (QED) is 0.631. The Hall–Kier alpha value is -0.620. The maximum Gasteiger partial charge on any atom is 0.238 e. The molecule has 0 fully saturated rings. The standard InChI is InChI=1S/C9H20N2O3S/c1-8(9(12)11(2)3)10-6-5-7-15(4,13)14/h8,10H,5-7H2,1-4H3. The fraction of sp³-hybridized carbons (Fsp3) is 0.889. The predicted molar refractivity (Wildman–Crippen MR) is 60.5 cm³/mol. The van der Waals surface area contributed by atoms with Crippen LogP contribution in [0.15, 0.2) is 0 Å². The molecule has 0 spiro atoms. The lowest BCUT2D eigenvalue weighted by molar-refractivity contribution is -0.130. The van der Waals surface area contributed by atoms with Gasteiger partial charge in [0.1, 0.15) is 9.84 Å². The van der Waals surface area contributed by atoms with Crippen molar-refractivity contribution in [1.29, 1.82) is 0 Å². The molecule has 1 unspecified atom stereocenters. The molecule has 1 amide bonds. The highest BCUT2D eigenvalue weighted by Crippen LogP contribution is 1.91. The van der Waals surface area contributed by atoms with E-state index in [-0.39, 0.29) is 17.7 Å². The largest absolute Gasteiger partial charge is 0.347 e. The molecule has 0 aromatic rings. The first-order valence-electron chi connectivity index (χ1n) is 4.86. The van der Waals surface area contributed by atoms with Gasteiger partial charge in [-0.2, -0.15) is 0 Å². The van der Waals surface area contributed by atoms with E-state index in [9.17, 15) is 13.2 Å². The average molecular weight is 236 g/mol. The van der Waals surface area contributed by atoms with Crippen LogP contribution in [0.2, 0.25) is 0 Å². The number of hydrogen-bond acceptors (Lipinski definition) is 4. The monoisotopic (exact) mass is 236 g/mol. The summed E-state index contributed by atoms with van der Waals surface area (Å²) < 4.78 is 21.6. The molecule has 6 heteroatoms.